The van der Waals surface area contributed by atoms with Crippen LogP contribution in [0.25, 0.3) is 0 Å². The highest BCUT2D eigenvalue weighted by Gasteiger charge is 2.17. The van der Waals surface area contributed by atoms with Crippen LogP contribution in [0.3, 0.4) is 0 Å². The maximum absolute atomic E-state index is 11.6. The predicted molar refractivity (Wildman–Crippen MR) is 58.7 cm³/mol. The highest BCUT2D eigenvalue weighted by Crippen LogP contribution is 2.11. The third kappa shape index (κ3) is 3.32. The maximum Gasteiger partial charge on any atom is 0.274 e. The summed E-state index contributed by atoms with van der Waals surface area (Å²) < 4.78 is 30.3. The number of sulfonamides is 1. The molecule has 1 rings (SSSR count). The van der Waals surface area contributed by atoms with E-state index in [2.05, 4.69) is 4.72 Å². The monoisotopic (exact) mass is 243 g/mol. The first-order chi connectivity index (χ1) is 7.45. The van der Waals surface area contributed by atoms with Crippen LogP contribution >= 0.6 is 0 Å². The average Bonchev–Trinajstić information content (AvgIpc) is 2.65. The molecule has 0 aliphatic carbocycles. The Bertz CT molecular complexity index is 495. The zero-order valence-corrected chi connectivity index (χ0v) is 9.87. The van der Waals surface area contributed by atoms with Crippen LogP contribution in [-0.2, 0) is 10.0 Å². The van der Waals surface area contributed by atoms with Gasteiger partial charge in [0.05, 0.1) is 0 Å². The van der Waals surface area contributed by atoms with Gasteiger partial charge in [0.15, 0.2) is 12.0 Å². The Balaban J connectivity index is 2.78. The van der Waals surface area contributed by atoms with E-state index in [-0.39, 0.29) is 17.4 Å². The lowest BCUT2D eigenvalue weighted by molar-refractivity contribution is 0.109. The smallest absolute Gasteiger partial charge is 0.274 e. The van der Waals surface area contributed by atoms with E-state index in [1.807, 2.05) is 13.8 Å². The fourth-order valence-corrected chi connectivity index (χ4v) is 1.87. The van der Waals surface area contributed by atoms with Crippen LogP contribution in [-0.4, -0.2) is 21.2 Å². The number of hydrogen-bond donors (Lipinski definition) is 1. The summed E-state index contributed by atoms with van der Waals surface area (Å²) in [5.74, 6) is -0.0115. The quantitative estimate of drug-likeness (QED) is 0.625. The number of aldehydes is 1. The van der Waals surface area contributed by atoms with Crippen molar-refractivity contribution in [2.24, 2.45) is 0 Å². The Kier molecular flexibility index (Phi) is 4.03. The van der Waals surface area contributed by atoms with Gasteiger partial charge in [0.25, 0.3) is 10.0 Å². The van der Waals surface area contributed by atoms with Crippen molar-refractivity contribution in [2.75, 3.05) is 6.54 Å². The van der Waals surface area contributed by atoms with Crippen LogP contribution in [0.5, 0.6) is 0 Å². The van der Waals surface area contributed by atoms with Crippen molar-refractivity contribution in [2.45, 2.75) is 18.9 Å². The van der Waals surface area contributed by atoms with Gasteiger partial charge in [-0.3, -0.25) is 4.79 Å². The number of nitrogens with one attached hydrogen (secondary N) is 1. The van der Waals surface area contributed by atoms with Gasteiger partial charge < -0.3 is 4.42 Å². The van der Waals surface area contributed by atoms with Gasteiger partial charge in [-0.15, -0.1) is 0 Å². The van der Waals surface area contributed by atoms with Crippen LogP contribution in [0.4, 0.5) is 0 Å². The molecular formula is C10H13NO4S. The van der Waals surface area contributed by atoms with Crippen molar-refractivity contribution >= 4 is 16.3 Å². The third-order valence-electron chi connectivity index (χ3n) is 1.77. The summed E-state index contributed by atoms with van der Waals surface area (Å²) in [7, 11) is -3.67. The molecule has 6 heteroatoms. The standard InChI is InChI=1S/C10H13NO4S/c1-8(2)5-6-11-16(13,14)10-4-3-9(7-12)15-10/h3-5,7,11H,6H2,1-2H3. The molecule has 0 amide bonds. The summed E-state index contributed by atoms with van der Waals surface area (Å²) in [4.78, 5) is 10.3. The second-order valence-corrected chi connectivity index (χ2v) is 5.11. The van der Waals surface area contributed by atoms with Gasteiger partial charge in [-0.1, -0.05) is 11.6 Å². The van der Waals surface area contributed by atoms with Gasteiger partial charge in [0.1, 0.15) is 0 Å². The van der Waals surface area contributed by atoms with Gasteiger partial charge >= 0.3 is 0 Å². The molecule has 0 spiro atoms. The average molecular weight is 243 g/mol. The predicted octanol–water partition coefficient (Wildman–Crippen LogP) is 1.34. The molecule has 1 heterocycles. The molecule has 1 aromatic rings. The number of rotatable bonds is 5. The number of hydrogen-bond acceptors (Lipinski definition) is 4. The van der Waals surface area contributed by atoms with Crippen LogP contribution in [0, 0.1) is 0 Å². The van der Waals surface area contributed by atoms with Gasteiger partial charge in [0.2, 0.25) is 5.09 Å². The number of allylic oxidation sites excluding steroid dienone is 1. The molecule has 0 saturated carbocycles. The molecule has 0 bridgehead atoms. The zero-order chi connectivity index (χ0) is 12.2. The number of carbonyl (C=O) groups is 1. The molecular weight excluding hydrogens is 230 g/mol. The molecule has 0 aliphatic heterocycles. The lowest BCUT2D eigenvalue weighted by Crippen LogP contribution is -2.23. The van der Waals surface area contributed by atoms with E-state index in [1.165, 1.54) is 12.1 Å². The number of carbonyl (C=O) groups excluding carboxylic acids is 1. The molecule has 0 radical (unpaired) electrons. The molecule has 88 valence electrons. The van der Waals surface area contributed by atoms with E-state index in [1.54, 1.807) is 6.08 Å². The lowest BCUT2D eigenvalue weighted by Gasteiger charge is -2.00. The van der Waals surface area contributed by atoms with E-state index < -0.39 is 10.0 Å². The van der Waals surface area contributed by atoms with E-state index in [0.29, 0.717) is 6.29 Å². The molecule has 1 N–H and O–H groups in total. The molecule has 1 aromatic heterocycles. The zero-order valence-electron chi connectivity index (χ0n) is 9.06. The van der Waals surface area contributed by atoms with E-state index in [9.17, 15) is 13.2 Å². The lowest BCUT2D eigenvalue weighted by atomic mass is 10.3. The Morgan fingerprint density at radius 3 is 2.62 bits per heavy atom. The third-order valence-corrected chi connectivity index (χ3v) is 3.06. The summed E-state index contributed by atoms with van der Waals surface area (Å²) in [6.07, 6.45) is 2.19. The minimum atomic E-state index is -3.67. The Morgan fingerprint density at radius 1 is 1.44 bits per heavy atom. The van der Waals surface area contributed by atoms with Crippen molar-refractivity contribution < 1.29 is 17.6 Å². The fraction of sp³-hybridized carbons (Fsp3) is 0.300. The van der Waals surface area contributed by atoms with Crippen molar-refractivity contribution in [3.05, 3.63) is 29.5 Å². The summed E-state index contributed by atoms with van der Waals surface area (Å²) in [6.45, 7) is 3.93. The highest BCUT2D eigenvalue weighted by atomic mass is 32.2. The minimum absolute atomic E-state index is 0.0115. The molecule has 5 nitrogen and oxygen atoms in total. The van der Waals surface area contributed by atoms with Crippen molar-refractivity contribution in [3.8, 4) is 0 Å². The molecule has 0 aliphatic rings. The summed E-state index contributed by atoms with van der Waals surface area (Å²) in [5.41, 5.74) is 1.01. The summed E-state index contributed by atoms with van der Waals surface area (Å²) in [6, 6.07) is 2.55. The van der Waals surface area contributed by atoms with Gasteiger partial charge in [0, 0.05) is 6.54 Å². The minimum Gasteiger partial charge on any atom is -0.440 e. The SMILES string of the molecule is CC(C)=CCNS(=O)(=O)c1ccc(C=O)o1. The Morgan fingerprint density at radius 2 is 2.12 bits per heavy atom. The topological polar surface area (TPSA) is 76.4 Å². The summed E-state index contributed by atoms with van der Waals surface area (Å²) in [5, 5.41) is -0.253. The van der Waals surface area contributed by atoms with Crippen LogP contribution < -0.4 is 4.72 Å². The second kappa shape index (κ2) is 5.09. The normalized spacial score (nSPS) is 11.1. The molecule has 0 atom stereocenters. The van der Waals surface area contributed by atoms with Crippen molar-refractivity contribution in [3.63, 3.8) is 0 Å². The van der Waals surface area contributed by atoms with Gasteiger partial charge in [-0.25, -0.2) is 13.1 Å². The fourth-order valence-electron chi connectivity index (χ4n) is 0.969. The Labute approximate surface area is 94.2 Å². The molecule has 0 saturated heterocycles. The first kappa shape index (κ1) is 12.7. The molecule has 0 fully saturated rings. The highest BCUT2D eigenvalue weighted by molar-refractivity contribution is 7.89. The van der Waals surface area contributed by atoms with Crippen LogP contribution in [0.1, 0.15) is 24.4 Å². The Hall–Kier alpha value is -1.40. The van der Waals surface area contributed by atoms with Gasteiger partial charge in [-0.2, -0.15) is 0 Å². The van der Waals surface area contributed by atoms with Crippen molar-refractivity contribution in [1.82, 2.24) is 4.72 Å². The van der Waals surface area contributed by atoms with E-state index in [0.717, 1.165) is 5.57 Å². The van der Waals surface area contributed by atoms with E-state index >= 15 is 0 Å². The first-order valence-electron chi connectivity index (χ1n) is 4.64. The molecule has 16 heavy (non-hydrogen) atoms. The first-order valence-corrected chi connectivity index (χ1v) is 6.12. The number of furan rings is 1. The van der Waals surface area contributed by atoms with Crippen LogP contribution in [0.15, 0.2) is 33.3 Å². The molecule has 0 aromatic carbocycles. The largest absolute Gasteiger partial charge is 0.440 e. The van der Waals surface area contributed by atoms with Crippen LogP contribution in [0.2, 0.25) is 0 Å². The van der Waals surface area contributed by atoms with Gasteiger partial charge in [-0.05, 0) is 26.0 Å². The second-order valence-electron chi connectivity index (χ2n) is 3.41. The molecule has 0 unspecified atom stereocenters. The summed E-state index contributed by atoms with van der Waals surface area (Å²) >= 11 is 0. The van der Waals surface area contributed by atoms with Crippen molar-refractivity contribution in [1.29, 1.82) is 0 Å². The maximum atomic E-state index is 11.6. The van der Waals surface area contributed by atoms with E-state index in [4.69, 9.17) is 4.42 Å².